The normalized spacial score (nSPS) is 20.5. The van der Waals surface area contributed by atoms with Gasteiger partial charge in [0.05, 0.1) is 7.11 Å². The summed E-state index contributed by atoms with van der Waals surface area (Å²) in [5, 5.41) is 15.6. The van der Waals surface area contributed by atoms with E-state index in [1.165, 1.54) is 0 Å². The first-order valence-corrected chi connectivity index (χ1v) is 8.14. The van der Waals surface area contributed by atoms with Crippen molar-refractivity contribution in [3.05, 3.63) is 30.2 Å². The molecular formula is C17H19N3O6. The fraction of sp³-hybridized carbons (Fsp3) is 0.412. The van der Waals surface area contributed by atoms with Gasteiger partial charge in [-0.3, -0.25) is 4.79 Å². The third-order valence-corrected chi connectivity index (χ3v) is 4.09. The quantitative estimate of drug-likeness (QED) is 0.794. The lowest BCUT2D eigenvalue weighted by Crippen LogP contribution is -2.37. The molecule has 1 saturated heterocycles. The van der Waals surface area contributed by atoms with Crippen LogP contribution in [0.4, 0.5) is 0 Å². The third-order valence-electron chi connectivity index (χ3n) is 4.09. The van der Waals surface area contributed by atoms with Gasteiger partial charge in [0, 0.05) is 5.56 Å². The van der Waals surface area contributed by atoms with E-state index >= 15 is 0 Å². The summed E-state index contributed by atoms with van der Waals surface area (Å²) in [4.78, 5) is 27.4. The number of benzene rings is 1. The van der Waals surface area contributed by atoms with Gasteiger partial charge in [-0.1, -0.05) is 17.3 Å². The number of rotatable bonds is 6. The van der Waals surface area contributed by atoms with Crippen LogP contribution in [0.5, 0.6) is 5.75 Å². The largest absolute Gasteiger partial charge is 0.497 e. The first-order chi connectivity index (χ1) is 12.5. The molecule has 1 aromatic carbocycles. The van der Waals surface area contributed by atoms with Crippen molar-refractivity contribution in [2.75, 3.05) is 7.11 Å². The molecule has 1 aromatic heterocycles. The molecule has 1 amide bonds. The summed E-state index contributed by atoms with van der Waals surface area (Å²) in [5.41, 5.74) is 0.723. The van der Waals surface area contributed by atoms with Gasteiger partial charge < -0.3 is 24.4 Å². The van der Waals surface area contributed by atoms with Crippen LogP contribution < -0.4 is 10.1 Å². The topological polar surface area (TPSA) is 124 Å². The van der Waals surface area contributed by atoms with Crippen molar-refractivity contribution in [2.24, 2.45) is 0 Å². The highest BCUT2D eigenvalue weighted by Gasteiger charge is 2.35. The van der Waals surface area contributed by atoms with Crippen LogP contribution in [-0.2, 0) is 14.3 Å². The smallest absolute Gasteiger partial charge is 0.332 e. The van der Waals surface area contributed by atoms with Gasteiger partial charge in [-0.2, -0.15) is 4.98 Å². The molecule has 1 aliphatic heterocycles. The fourth-order valence-corrected chi connectivity index (χ4v) is 2.67. The number of nitrogens with one attached hydrogen (secondary N) is 1. The third kappa shape index (κ3) is 3.83. The van der Waals surface area contributed by atoms with E-state index in [0.717, 1.165) is 5.56 Å². The number of carboxylic acids is 1. The van der Waals surface area contributed by atoms with E-state index in [9.17, 15) is 9.59 Å². The lowest BCUT2D eigenvalue weighted by molar-refractivity contribution is -0.151. The first kappa shape index (κ1) is 17.9. The number of carboxylic acid groups (broad SMARTS) is 1. The van der Waals surface area contributed by atoms with E-state index in [4.69, 9.17) is 19.1 Å². The summed E-state index contributed by atoms with van der Waals surface area (Å²) < 4.78 is 15.6. The first-order valence-electron chi connectivity index (χ1n) is 8.14. The second kappa shape index (κ2) is 7.52. The van der Waals surface area contributed by atoms with Crippen LogP contribution >= 0.6 is 0 Å². The molecule has 26 heavy (non-hydrogen) atoms. The minimum atomic E-state index is -1.06. The number of hydrogen-bond acceptors (Lipinski definition) is 7. The standard InChI is InChI=1S/C17H19N3O6/c1-9(18-15(21)12-6-7-13(25-12)17(22)23)16-19-14(20-26-16)10-4-3-5-11(8-10)24-2/h3-5,8-9,12-13H,6-7H2,1-2H3,(H,18,21)(H,22,23)/t9?,12-,13+/m0/s1. The monoisotopic (exact) mass is 361 g/mol. The number of nitrogens with zero attached hydrogens (tertiary/aromatic N) is 2. The van der Waals surface area contributed by atoms with Crippen molar-refractivity contribution in [3.63, 3.8) is 0 Å². The maximum Gasteiger partial charge on any atom is 0.332 e. The van der Waals surface area contributed by atoms with E-state index in [0.29, 0.717) is 24.4 Å². The average molecular weight is 361 g/mol. The Kier molecular flexibility index (Phi) is 5.17. The molecule has 1 aliphatic rings. The van der Waals surface area contributed by atoms with Crippen LogP contribution in [0.3, 0.4) is 0 Å². The van der Waals surface area contributed by atoms with E-state index in [2.05, 4.69) is 15.5 Å². The average Bonchev–Trinajstić information content (AvgIpc) is 3.31. The highest BCUT2D eigenvalue weighted by atomic mass is 16.5. The Labute approximate surface area is 149 Å². The van der Waals surface area contributed by atoms with Crippen molar-refractivity contribution in [1.82, 2.24) is 15.5 Å². The summed E-state index contributed by atoms with van der Waals surface area (Å²) in [5.74, 6) is -0.177. The molecule has 0 spiro atoms. The summed E-state index contributed by atoms with van der Waals surface area (Å²) in [7, 11) is 1.57. The maximum absolute atomic E-state index is 12.2. The molecule has 0 bridgehead atoms. The molecule has 0 aliphatic carbocycles. The minimum Gasteiger partial charge on any atom is -0.497 e. The van der Waals surface area contributed by atoms with E-state index in [1.54, 1.807) is 26.2 Å². The van der Waals surface area contributed by atoms with Crippen LogP contribution in [0, 0.1) is 0 Å². The zero-order valence-electron chi connectivity index (χ0n) is 14.3. The Morgan fingerprint density at radius 2 is 2.12 bits per heavy atom. The lowest BCUT2D eigenvalue weighted by Gasteiger charge is -2.14. The highest BCUT2D eigenvalue weighted by Crippen LogP contribution is 2.24. The zero-order chi connectivity index (χ0) is 18.7. The van der Waals surface area contributed by atoms with Crippen molar-refractivity contribution in [3.8, 4) is 17.1 Å². The van der Waals surface area contributed by atoms with Gasteiger partial charge in [-0.25, -0.2) is 4.79 Å². The van der Waals surface area contributed by atoms with Gasteiger partial charge >= 0.3 is 5.97 Å². The van der Waals surface area contributed by atoms with Crippen LogP contribution in [0.2, 0.25) is 0 Å². The molecular weight excluding hydrogens is 342 g/mol. The predicted molar refractivity (Wildman–Crippen MR) is 88.4 cm³/mol. The molecule has 138 valence electrons. The Morgan fingerprint density at radius 1 is 1.35 bits per heavy atom. The molecule has 9 heteroatoms. The number of aromatic nitrogens is 2. The van der Waals surface area contributed by atoms with Gasteiger partial charge in [-0.05, 0) is 31.9 Å². The van der Waals surface area contributed by atoms with Crippen LogP contribution in [0.25, 0.3) is 11.4 Å². The molecule has 0 saturated carbocycles. The Hall–Kier alpha value is -2.94. The summed E-state index contributed by atoms with van der Waals surface area (Å²) in [6, 6.07) is 6.67. The second-order valence-corrected chi connectivity index (χ2v) is 5.95. The van der Waals surface area contributed by atoms with Gasteiger partial charge in [0.2, 0.25) is 17.6 Å². The zero-order valence-corrected chi connectivity index (χ0v) is 14.3. The van der Waals surface area contributed by atoms with Crippen molar-refractivity contribution in [2.45, 2.75) is 38.0 Å². The fourth-order valence-electron chi connectivity index (χ4n) is 2.67. The number of ether oxygens (including phenoxy) is 2. The molecule has 9 nitrogen and oxygen atoms in total. The SMILES string of the molecule is COc1cccc(-c2noc(C(C)NC(=O)[C@@H]3CC[C@H](C(=O)O)O3)n2)c1. The molecule has 2 N–H and O–H groups in total. The Bertz CT molecular complexity index is 805. The number of carbonyl (C=O) groups is 2. The molecule has 1 unspecified atom stereocenters. The molecule has 3 atom stereocenters. The number of carbonyl (C=O) groups excluding carboxylic acids is 1. The molecule has 2 heterocycles. The summed E-state index contributed by atoms with van der Waals surface area (Å²) >= 11 is 0. The maximum atomic E-state index is 12.2. The number of aliphatic carboxylic acids is 1. The molecule has 3 rings (SSSR count). The summed E-state index contributed by atoms with van der Waals surface area (Å²) in [6.07, 6.45) is -1.07. The molecule has 0 radical (unpaired) electrons. The second-order valence-electron chi connectivity index (χ2n) is 5.95. The Morgan fingerprint density at radius 3 is 2.81 bits per heavy atom. The van der Waals surface area contributed by atoms with Crippen LogP contribution in [0.15, 0.2) is 28.8 Å². The Balaban J connectivity index is 1.64. The van der Waals surface area contributed by atoms with E-state index < -0.39 is 30.1 Å². The summed E-state index contributed by atoms with van der Waals surface area (Å²) in [6.45, 7) is 1.70. The lowest BCUT2D eigenvalue weighted by atomic mass is 10.2. The number of hydrogen-bond donors (Lipinski definition) is 2. The number of methoxy groups -OCH3 is 1. The van der Waals surface area contributed by atoms with Gasteiger partial charge in [0.25, 0.3) is 0 Å². The predicted octanol–water partition coefficient (Wildman–Crippen LogP) is 1.55. The molecule has 2 aromatic rings. The van der Waals surface area contributed by atoms with Gasteiger partial charge in [0.15, 0.2) is 6.10 Å². The van der Waals surface area contributed by atoms with Crippen molar-refractivity contribution < 1.29 is 28.7 Å². The van der Waals surface area contributed by atoms with Gasteiger partial charge in [0.1, 0.15) is 17.9 Å². The van der Waals surface area contributed by atoms with Crippen LogP contribution in [0.1, 0.15) is 31.7 Å². The van der Waals surface area contributed by atoms with E-state index in [1.807, 2.05) is 12.1 Å². The minimum absolute atomic E-state index is 0.240. The van der Waals surface area contributed by atoms with Crippen molar-refractivity contribution in [1.29, 1.82) is 0 Å². The number of amides is 1. The van der Waals surface area contributed by atoms with Gasteiger partial charge in [-0.15, -0.1) is 0 Å². The molecule has 1 fully saturated rings. The van der Waals surface area contributed by atoms with Crippen molar-refractivity contribution >= 4 is 11.9 Å². The van der Waals surface area contributed by atoms with Crippen LogP contribution in [-0.4, -0.2) is 46.4 Å². The van der Waals surface area contributed by atoms with E-state index in [-0.39, 0.29) is 5.89 Å². The highest BCUT2D eigenvalue weighted by molar-refractivity contribution is 5.82.